The van der Waals surface area contributed by atoms with Crippen LogP contribution in [-0.2, 0) is 6.42 Å². The molecule has 1 unspecified atom stereocenters. The summed E-state index contributed by atoms with van der Waals surface area (Å²) >= 11 is 0. The number of aliphatic hydroxyl groups excluding tert-OH is 1. The Morgan fingerprint density at radius 2 is 1.76 bits per heavy atom. The SMILES string of the molecule is OC(CCCc1ccccc1)N1CCCCC1. The lowest BCUT2D eigenvalue weighted by molar-refractivity contribution is -0.0144. The van der Waals surface area contributed by atoms with Gasteiger partial charge in [-0.25, -0.2) is 0 Å². The van der Waals surface area contributed by atoms with Crippen molar-refractivity contribution < 1.29 is 5.11 Å². The summed E-state index contributed by atoms with van der Waals surface area (Å²) < 4.78 is 0. The van der Waals surface area contributed by atoms with E-state index in [1.807, 2.05) is 6.07 Å². The second kappa shape index (κ2) is 6.77. The third kappa shape index (κ3) is 4.14. The van der Waals surface area contributed by atoms with E-state index < -0.39 is 0 Å². The minimum Gasteiger partial charge on any atom is -0.378 e. The van der Waals surface area contributed by atoms with Gasteiger partial charge in [0, 0.05) is 13.1 Å². The van der Waals surface area contributed by atoms with Gasteiger partial charge in [-0.1, -0.05) is 36.8 Å². The number of benzene rings is 1. The molecule has 1 aliphatic heterocycles. The Bertz CT molecular complexity index is 306. The van der Waals surface area contributed by atoms with Gasteiger partial charge in [-0.05, 0) is 37.7 Å². The maximum Gasteiger partial charge on any atom is 0.107 e. The van der Waals surface area contributed by atoms with Gasteiger partial charge in [-0.3, -0.25) is 4.90 Å². The molecule has 0 bridgehead atoms. The second-order valence-corrected chi connectivity index (χ2v) is 4.96. The molecule has 0 aromatic heterocycles. The smallest absolute Gasteiger partial charge is 0.107 e. The van der Waals surface area contributed by atoms with E-state index in [4.69, 9.17) is 0 Å². The van der Waals surface area contributed by atoms with E-state index in [1.54, 1.807) is 0 Å². The minimum absolute atomic E-state index is 0.223. The van der Waals surface area contributed by atoms with E-state index in [1.165, 1.54) is 24.8 Å². The number of hydrogen-bond acceptors (Lipinski definition) is 2. The van der Waals surface area contributed by atoms with Crippen molar-refractivity contribution in [3.05, 3.63) is 35.9 Å². The zero-order valence-corrected chi connectivity index (χ0v) is 10.5. The molecule has 1 heterocycles. The fraction of sp³-hybridized carbons (Fsp3) is 0.600. The van der Waals surface area contributed by atoms with Crippen LogP contribution in [0.4, 0.5) is 0 Å². The number of nitrogens with zero attached hydrogens (tertiary/aromatic N) is 1. The van der Waals surface area contributed by atoms with Crippen molar-refractivity contribution in [2.45, 2.75) is 44.8 Å². The van der Waals surface area contributed by atoms with Crippen molar-refractivity contribution in [3.8, 4) is 0 Å². The predicted molar refractivity (Wildman–Crippen MR) is 70.8 cm³/mol. The van der Waals surface area contributed by atoms with Gasteiger partial charge in [0.2, 0.25) is 0 Å². The molecule has 0 spiro atoms. The molecule has 2 rings (SSSR count). The molecule has 1 N–H and O–H groups in total. The normalized spacial score (nSPS) is 19.1. The second-order valence-electron chi connectivity index (χ2n) is 4.96. The first-order valence-corrected chi connectivity index (χ1v) is 6.82. The van der Waals surface area contributed by atoms with E-state index in [9.17, 15) is 5.11 Å². The third-order valence-corrected chi connectivity index (χ3v) is 3.58. The molecule has 1 aliphatic rings. The Morgan fingerprint density at radius 1 is 1.06 bits per heavy atom. The van der Waals surface area contributed by atoms with Crippen LogP contribution in [0.2, 0.25) is 0 Å². The standard InChI is InChI=1S/C15H23NO/c17-15(16-12-5-2-6-13-16)11-7-10-14-8-3-1-4-9-14/h1,3-4,8-9,15,17H,2,5-7,10-13H2. The molecule has 0 radical (unpaired) electrons. The zero-order valence-electron chi connectivity index (χ0n) is 10.5. The number of likely N-dealkylation sites (tertiary alicyclic amines) is 1. The fourth-order valence-electron chi connectivity index (χ4n) is 2.53. The van der Waals surface area contributed by atoms with Gasteiger partial charge in [0.1, 0.15) is 6.23 Å². The predicted octanol–water partition coefficient (Wildman–Crippen LogP) is 2.81. The van der Waals surface area contributed by atoms with E-state index in [-0.39, 0.29) is 6.23 Å². The van der Waals surface area contributed by atoms with Crippen LogP contribution in [-0.4, -0.2) is 29.3 Å². The molecule has 0 amide bonds. The highest BCUT2D eigenvalue weighted by molar-refractivity contribution is 5.14. The van der Waals surface area contributed by atoms with Crippen LogP contribution < -0.4 is 0 Å². The van der Waals surface area contributed by atoms with Crippen molar-refractivity contribution in [1.82, 2.24) is 4.90 Å². The maximum absolute atomic E-state index is 10.1. The average molecular weight is 233 g/mol. The molecular weight excluding hydrogens is 210 g/mol. The summed E-state index contributed by atoms with van der Waals surface area (Å²) in [5.74, 6) is 0. The number of aliphatic hydroxyl groups is 1. The van der Waals surface area contributed by atoms with Crippen LogP contribution in [0.15, 0.2) is 30.3 Å². The Morgan fingerprint density at radius 3 is 2.47 bits per heavy atom. The number of rotatable bonds is 5. The van der Waals surface area contributed by atoms with Gasteiger partial charge in [-0.2, -0.15) is 0 Å². The largest absolute Gasteiger partial charge is 0.378 e. The molecule has 1 aromatic rings. The Hall–Kier alpha value is -0.860. The molecule has 2 nitrogen and oxygen atoms in total. The van der Waals surface area contributed by atoms with E-state index >= 15 is 0 Å². The first-order chi connectivity index (χ1) is 8.36. The van der Waals surface area contributed by atoms with Crippen LogP contribution >= 0.6 is 0 Å². The lowest BCUT2D eigenvalue weighted by Crippen LogP contribution is -2.39. The highest BCUT2D eigenvalue weighted by Crippen LogP contribution is 2.15. The third-order valence-electron chi connectivity index (χ3n) is 3.58. The van der Waals surface area contributed by atoms with Gasteiger partial charge >= 0.3 is 0 Å². The van der Waals surface area contributed by atoms with Crippen LogP contribution in [0.3, 0.4) is 0 Å². The average Bonchev–Trinajstić information content (AvgIpc) is 2.41. The summed E-state index contributed by atoms with van der Waals surface area (Å²) in [6.07, 6.45) is 6.64. The van der Waals surface area contributed by atoms with Crippen LogP contribution in [0.1, 0.15) is 37.7 Å². The lowest BCUT2D eigenvalue weighted by atomic mass is 10.1. The van der Waals surface area contributed by atoms with Crippen molar-refractivity contribution >= 4 is 0 Å². The molecule has 2 heteroatoms. The summed E-state index contributed by atoms with van der Waals surface area (Å²) in [5.41, 5.74) is 1.37. The Labute approximate surface area is 104 Å². The number of hydrogen-bond donors (Lipinski definition) is 1. The van der Waals surface area contributed by atoms with Crippen molar-refractivity contribution in [2.24, 2.45) is 0 Å². The molecule has 1 saturated heterocycles. The van der Waals surface area contributed by atoms with E-state index in [2.05, 4.69) is 29.2 Å². The Kier molecular flexibility index (Phi) is 5.02. The maximum atomic E-state index is 10.1. The lowest BCUT2D eigenvalue weighted by Gasteiger charge is -2.31. The van der Waals surface area contributed by atoms with Crippen molar-refractivity contribution in [1.29, 1.82) is 0 Å². The van der Waals surface area contributed by atoms with E-state index in [0.717, 1.165) is 32.4 Å². The van der Waals surface area contributed by atoms with Gasteiger partial charge in [-0.15, -0.1) is 0 Å². The summed E-state index contributed by atoms with van der Waals surface area (Å²) in [7, 11) is 0. The van der Waals surface area contributed by atoms with Crippen molar-refractivity contribution in [2.75, 3.05) is 13.1 Å². The van der Waals surface area contributed by atoms with Gasteiger partial charge in [0.25, 0.3) is 0 Å². The summed E-state index contributed by atoms with van der Waals surface area (Å²) in [6, 6.07) is 10.5. The number of aryl methyl sites for hydroxylation is 1. The monoisotopic (exact) mass is 233 g/mol. The molecule has 1 fully saturated rings. The molecule has 94 valence electrons. The summed E-state index contributed by atoms with van der Waals surface area (Å²) in [5, 5.41) is 10.1. The fourth-order valence-corrected chi connectivity index (χ4v) is 2.53. The topological polar surface area (TPSA) is 23.5 Å². The first kappa shape index (κ1) is 12.6. The van der Waals surface area contributed by atoms with Crippen LogP contribution in [0.25, 0.3) is 0 Å². The van der Waals surface area contributed by atoms with Crippen LogP contribution in [0, 0.1) is 0 Å². The minimum atomic E-state index is -0.223. The molecule has 0 aliphatic carbocycles. The van der Waals surface area contributed by atoms with Gasteiger partial charge in [0.05, 0.1) is 0 Å². The molecule has 17 heavy (non-hydrogen) atoms. The zero-order chi connectivity index (χ0) is 11.9. The summed E-state index contributed by atoms with van der Waals surface area (Å²) in [4.78, 5) is 2.23. The molecule has 1 aromatic carbocycles. The first-order valence-electron chi connectivity index (χ1n) is 6.82. The molecular formula is C15H23NO. The highest BCUT2D eigenvalue weighted by Gasteiger charge is 2.17. The summed E-state index contributed by atoms with van der Waals surface area (Å²) in [6.45, 7) is 2.15. The highest BCUT2D eigenvalue weighted by atomic mass is 16.3. The van der Waals surface area contributed by atoms with Crippen LogP contribution in [0.5, 0.6) is 0 Å². The molecule has 0 saturated carbocycles. The van der Waals surface area contributed by atoms with Gasteiger partial charge in [0.15, 0.2) is 0 Å². The Balaban J connectivity index is 1.67. The molecule has 1 atom stereocenters. The number of piperidine rings is 1. The van der Waals surface area contributed by atoms with E-state index in [0.29, 0.717) is 0 Å². The van der Waals surface area contributed by atoms with Gasteiger partial charge < -0.3 is 5.11 Å². The van der Waals surface area contributed by atoms with Crippen molar-refractivity contribution in [3.63, 3.8) is 0 Å². The quantitative estimate of drug-likeness (QED) is 0.845.